The summed E-state index contributed by atoms with van der Waals surface area (Å²) in [6.45, 7) is 0. The van der Waals surface area contributed by atoms with E-state index in [-0.39, 0.29) is 17.8 Å². The quantitative estimate of drug-likeness (QED) is 0.670. The Labute approximate surface area is 120 Å². The summed E-state index contributed by atoms with van der Waals surface area (Å²) < 4.78 is 0.947. The summed E-state index contributed by atoms with van der Waals surface area (Å²) >= 11 is 1.51. The molecular formula is C13H16N4O2S. The van der Waals surface area contributed by atoms with Gasteiger partial charge in [-0.2, -0.15) is 0 Å². The number of rotatable bonds is 3. The third-order valence-corrected chi connectivity index (χ3v) is 4.68. The number of nitro groups is 1. The van der Waals surface area contributed by atoms with Crippen LogP contribution in [0.1, 0.15) is 25.7 Å². The van der Waals surface area contributed by atoms with Crippen LogP contribution in [-0.2, 0) is 0 Å². The molecule has 2 aromatic rings. The SMILES string of the molecule is N[C@H]1CCCC[C@H]1Nc1nc2cc([N+](=O)[O-])ccc2s1. The molecule has 3 N–H and O–H groups in total. The lowest BCUT2D eigenvalue weighted by molar-refractivity contribution is -0.384. The largest absolute Gasteiger partial charge is 0.357 e. The lowest BCUT2D eigenvalue weighted by Gasteiger charge is -2.28. The van der Waals surface area contributed by atoms with Gasteiger partial charge in [0, 0.05) is 24.2 Å². The Morgan fingerprint density at radius 1 is 1.40 bits per heavy atom. The van der Waals surface area contributed by atoms with E-state index in [2.05, 4.69) is 10.3 Å². The van der Waals surface area contributed by atoms with Crippen molar-refractivity contribution in [3.05, 3.63) is 28.3 Å². The van der Waals surface area contributed by atoms with Gasteiger partial charge in [-0.15, -0.1) is 0 Å². The van der Waals surface area contributed by atoms with Gasteiger partial charge in [0.05, 0.1) is 15.1 Å². The van der Waals surface area contributed by atoms with Gasteiger partial charge in [-0.1, -0.05) is 24.2 Å². The molecule has 1 heterocycles. The molecular weight excluding hydrogens is 276 g/mol. The van der Waals surface area contributed by atoms with Crippen molar-refractivity contribution in [2.75, 3.05) is 5.32 Å². The number of fused-ring (bicyclic) bond motifs is 1. The Kier molecular flexibility index (Phi) is 3.54. The van der Waals surface area contributed by atoms with Gasteiger partial charge in [0.2, 0.25) is 0 Å². The Morgan fingerprint density at radius 3 is 2.95 bits per heavy atom. The Morgan fingerprint density at radius 2 is 2.20 bits per heavy atom. The summed E-state index contributed by atoms with van der Waals surface area (Å²) in [7, 11) is 0. The number of aromatic nitrogens is 1. The normalized spacial score (nSPS) is 22.9. The standard InChI is InChI=1S/C13H16N4O2S/c14-9-3-1-2-4-10(9)15-13-16-11-7-8(17(18)19)5-6-12(11)20-13/h5-7,9-10H,1-4,14H2,(H,15,16)/t9-,10+/m0/s1. The minimum Gasteiger partial charge on any atom is -0.357 e. The predicted octanol–water partition coefficient (Wildman–Crippen LogP) is 2.89. The molecule has 1 saturated carbocycles. The first-order valence-corrected chi connectivity index (χ1v) is 7.52. The number of hydrogen-bond donors (Lipinski definition) is 2. The number of thiazole rings is 1. The van der Waals surface area contributed by atoms with E-state index < -0.39 is 4.92 Å². The molecule has 1 aromatic carbocycles. The Hall–Kier alpha value is -1.73. The average molecular weight is 292 g/mol. The Balaban J connectivity index is 1.83. The molecule has 1 aliphatic carbocycles. The summed E-state index contributed by atoms with van der Waals surface area (Å²) in [5.74, 6) is 0. The van der Waals surface area contributed by atoms with Crippen LogP contribution in [-0.4, -0.2) is 22.0 Å². The molecule has 1 fully saturated rings. The van der Waals surface area contributed by atoms with Crippen LogP contribution in [0, 0.1) is 10.1 Å². The van der Waals surface area contributed by atoms with Crippen molar-refractivity contribution in [2.24, 2.45) is 5.73 Å². The van der Waals surface area contributed by atoms with Crippen LogP contribution in [0.15, 0.2) is 18.2 Å². The van der Waals surface area contributed by atoms with Crippen molar-refractivity contribution in [1.29, 1.82) is 0 Å². The molecule has 106 valence electrons. The highest BCUT2D eigenvalue weighted by Crippen LogP contribution is 2.30. The van der Waals surface area contributed by atoms with Gasteiger partial charge in [0.25, 0.3) is 5.69 Å². The highest BCUT2D eigenvalue weighted by molar-refractivity contribution is 7.22. The number of non-ortho nitro benzene ring substituents is 1. The van der Waals surface area contributed by atoms with Gasteiger partial charge in [0.1, 0.15) is 0 Å². The number of nitro benzene ring substituents is 1. The van der Waals surface area contributed by atoms with E-state index in [1.807, 2.05) is 0 Å². The molecule has 0 spiro atoms. The highest BCUT2D eigenvalue weighted by Gasteiger charge is 2.22. The van der Waals surface area contributed by atoms with Crippen molar-refractivity contribution in [1.82, 2.24) is 4.98 Å². The monoisotopic (exact) mass is 292 g/mol. The van der Waals surface area contributed by atoms with Crippen LogP contribution < -0.4 is 11.1 Å². The first-order valence-electron chi connectivity index (χ1n) is 6.70. The number of nitrogens with zero attached hydrogens (tertiary/aromatic N) is 2. The molecule has 0 aliphatic heterocycles. The fourth-order valence-electron chi connectivity index (χ4n) is 2.59. The number of nitrogens with two attached hydrogens (primary N) is 1. The average Bonchev–Trinajstić information content (AvgIpc) is 2.82. The third kappa shape index (κ3) is 2.59. The van der Waals surface area contributed by atoms with E-state index >= 15 is 0 Å². The van der Waals surface area contributed by atoms with Gasteiger partial charge in [-0.25, -0.2) is 4.98 Å². The molecule has 0 radical (unpaired) electrons. The van der Waals surface area contributed by atoms with Crippen molar-refractivity contribution in [3.8, 4) is 0 Å². The molecule has 1 aliphatic rings. The summed E-state index contributed by atoms with van der Waals surface area (Å²) in [5.41, 5.74) is 6.85. The van der Waals surface area contributed by atoms with Gasteiger partial charge < -0.3 is 11.1 Å². The van der Waals surface area contributed by atoms with Crippen LogP contribution in [0.2, 0.25) is 0 Å². The van der Waals surface area contributed by atoms with Gasteiger partial charge in [0.15, 0.2) is 5.13 Å². The summed E-state index contributed by atoms with van der Waals surface area (Å²) in [5, 5.41) is 14.9. The van der Waals surface area contributed by atoms with Gasteiger partial charge in [-0.3, -0.25) is 10.1 Å². The van der Waals surface area contributed by atoms with Crippen LogP contribution >= 0.6 is 11.3 Å². The number of anilines is 1. The molecule has 0 amide bonds. The maximum atomic E-state index is 10.8. The van der Waals surface area contributed by atoms with Crippen LogP contribution in [0.25, 0.3) is 10.2 Å². The summed E-state index contributed by atoms with van der Waals surface area (Å²) in [6.07, 6.45) is 4.46. The molecule has 7 heteroatoms. The number of benzene rings is 1. The molecule has 0 bridgehead atoms. The molecule has 6 nitrogen and oxygen atoms in total. The second kappa shape index (κ2) is 5.34. The van der Waals surface area contributed by atoms with E-state index in [9.17, 15) is 10.1 Å². The molecule has 3 rings (SSSR count). The third-order valence-electron chi connectivity index (χ3n) is 3.71. The predicted molar refractivity (Wildman–Crippen MR) is 80.1 cm³/mol. The highest BCUT2D eigenvalue weighted by atomic mass is 32.1. The summed E-state index contributed by atoms with van der Waals surface area (Å²) in [4.78, 5) is 14.8. The lowest BCUT2D eigenvalue weighted by Crippen LogP contribution is -2.42. The van der Waals surface area contributed by atoms with E-state index in [4.69, 9.17) is 5.73 Å². The zero-order valence-corrected chi connectivity index (χ0v) is 11.7. The summed E-state index contributed by atoms with van der Waals surface area (Å²) in [6, 6.07) is 5.18. The van der Waals surface area contributed by atoms with E-state index in [1.54, 1.807) is 6.07 Å². The van der Waals surface area contributed by atoms with Crippen LogP contribution in [0.5, 0.6) is 0 Å². The second-order valence-corrected chi connectivity index (χ2v) is 6.16. The maximum Gasteiger partial charge on any atom is 0.271 e. The first kappa shape index (κ1) is 13.3. The van der Waals surface area contributed by atoms with Gasteiger partial charge >= 0.3 is 0 Å². The molecule has 2 atom stereocenters. The zero-order chi connectivity index (χ0) is 14.1. The fourth-order valence-corrected chi connectivity index (χ4v) is 3.50. The van der Waals surface area contributed by atoms with Crippen molar-refractivity contribution in [2.45, 2.75) is 37.8 Å². The minimum atomic E-state index is -0.400. The van der Waals surface area contributed by atoms with Gasteiger partial charge in [-0.05, 0) is 18.9 Å². The molecule has 20 heavy (non-hydrogen) atoms. The van der Waals surface area contributed by atoms with Crippen molar-refractivity contribution >= 4 is 32.4 Å². The van der Waals surface area contributed by atoms with Crippen molar-refractivity contribution < 1.29 is 4.92 Å². The lowest BCUT2D eigenvalue weighted by atomic mass is 9.91. The number of hydrogen-bond acceptors (Lipinski definition) is 6. The fraction of sp³-hybridized carbons (Fsp3) is 0.462. The van der Waals surface area contributed by atoms with E-state index in [0.29, 0.717) is 5.52 Å². The Bertz CT molecular complexity index is 642. The van der Waals surface area contributed by atoms with E-state index in [1.165, 1.54) is 36.3 Å². The topological polar surface area (TPSA) is 94.1 Å². The molecule has 0 saturated heterocycles. The smallest absolute Gasteiger partial charge is 0.271 e. The maximum absolute atomic E-state index is 10.8. The molecule has 0 unspecified atom stereocenters. The van der Waals surface area contributed by atoms with E-state index in [0.717, 1.165) is 22.7 Å². The van der Waals surface area contributed by atoms with Crippen LogP contribution in [0.4, 0.5) is 10.8 Å². The van der Waals surface area contributed by atoms with Crippen LogP contribution in [0.3, 0.4) is 0 Å². The zero-order valence-electron chi connectivity index (χ0n) is 10.9. The number of nitrogens with one attached hydrogen (secondary N) is 1. The second-order valence-electron chi connectivity index (χ2n) is 5.13. The van der Waals surface area contributed by atoms with Crippen molar-refractivity contribution in [3.63, 3.8) is 0 Å². The minimum absolute atomic E-state index is 0.0729. The molecule has 1 aromatic heterocycles. The first-order chi connectivity index (χ1) is 9.63.